The van der Waals surface area contributed by atoms with Crippen LogP contribution in [0.1, 0.15) is 16.8 Å². The van der Waals surface area contributed by atoms with Crippen LogP contribution in [-0.4, -0.2) is 30.3 Å². The van der Waals surface area contributed by atoms with E-state index in [2.05, 4.69) is 30.9 Å². The number of aromatic nitrogens is 5. The molecular weight excluding hydrogens is 540 g/mol. The Balaban J connectivity index is 1.27. The SMILES string of the molecule is Cc1ccc2cc(CC(=O)Cc3ccc(-n4c(-c5cccnc5N)nc5cc(Br)cnc54)cc3)ccc2n1. The molecule has 4 aromatic heterocycles. The number of hydrogen-bond donors (Lipinski definition) is 1. The zero-order valence-electron chi connectivity index (χ0n) is 20.6. The highest BCUT2D eigenvalue weighted by Gasteiger charge is 2.18. The van der Waals surface area contributed by atoms with Crippen LogP contribution in [0.4, 0.5) is 5.82 Å². The summed E-state index contributed by atoms with van der Waals surface area (Å²) in [7, 11) is 0. The number of fused-ring (bicyclic) bond motifs is 2. The van der Waals surface area contributed by atoms with Crippen molar-refractivity contribution < 1.29 is 4.79 Å². The molecule has 0 bridgehead atoms. The minimum absolute atomic E-state index is 0.153. The van der Waals surface area contributed by atoms with Gasteiger partial charge in [0.05, 0.1) is 11.1 Å². The first-order valence-corrected chi connectivity index (χ1v) is 13.0. The Morgan fingerprint density at radius 1 is 0.895 bits per heavy atom. The van der Waals surface area contributed by atoms with Gasteiger partial charge in [-0.05, 0) is 82.5 Å². The number of nitrogens with zero attached hydrogens (tertiary/aromatic N) is 5. The molecule has 0 aliphatic heterocycles. The largest absolute Gasteiger partial charge is 0.383 e. The van der Waals surface area contributed by atoms with Crippen molar-refractivity contribution in [1.29, 1.82) is 0 Å². The monoisotopic (exact) mass is 562 g/mol. The quantitative estimate of drug-likeness (QED) is 0.265. The van der Waals surface area contributed by atoms with Crippen molar-refractivity contribution in [2.45, 2.75) is 19.8 Å². The lowest BCUT2D eigenvalue weighted by Crippen LogP contribution is -2.07. The lowest BCUT2D eigenvalue weighted by molar-refractivity contribution is -0.117. The smallest absolute Gasteiger partial charge is 0.165 e. The predicted octanol–water partition coefficient (Wildman–Crippen LogP) is 6.04. The molecular formula is C30H23BrN6O. The summed E-state index contributed by atoms with van der Waals surface area (Å²) in [6.07, 6.45) is 4.12. The molecule has 6 aromatic rings. The van der Waals surface area contributed by atoms with E-state index in [1.807, 2.05) is 84.3 Å². The van der Waals surface area contributed by atoms with Gasteiger partial charge in [0.2, 0.25) is 0 Å². The van der Waals surface area contributed by atoms with Crippen molar-refractivity contribution in [3.05, 3.63) is 106 Å². The number of imidazole rings is 1. The van der Waals surface area contributed by atoms with Gasteiger partial charge in [-0.3, -0.25) is 14.3 Å². The molecule has 0 aliphatic rings. The fourth-order valence-corrected chi connectivity index (χ4v) is 4.96. The Bertz CT molecular complexity index is 1830. The second-order valence-electron chi connectivity index (χ2n) is 9.24. The van der Waals surface area contributed by atoms with Crippen molar-refractivity contribution in [3.8, 4) is 17.1 Å². The Labute approximate surface area is 227 Å². The number of nitrogen functional groups attached to an aromatic ring is 1. The van der Waals surface area contributed by atoms with E-state index >= 15 is 0 Å². The van der Waals surface area contributed by atoms with Crippen LogP contribution in [0.2, 0.25) is 0 Å². The van der Waals surface area contributed by atoms with Crippen LogP contribution in [0, 0.1) is 6.92 Å². The first-order chi connectivity index (χ1) is 18.4. The Hall–Kier alpha value is -4.43. The molecule has 38 heavy (non-hydrogen) atoms. The molecule has 2 aromatic carbocycles. The molecule has 6 rings (SSSR count). The third-order valence-corrected chi connectivity index (χ3v) is 6.87. The van der Waals surface area contributed by atoms with Gasteiger partial charge in [0, 0.05) is 46.5 Å². The predicted molar refractivity (Wildman–Crippen MR) is 153 cm³/mol. The molecule has 4 heterocycles. The van der Waals surface area contributed by atoms with E-state index in [0.29, 0.717) is 30.1 Å². The van der Waals surface area contributed by atoms with E-state index in [1.165, 1.54) is 0 Å². The van der Waals surface area contributed by atoms with Crippen LogP contribution < -0.4 is 5.73 Å². The molecule has 0 radical (unpaired) electrons. The first kappa shape index (κ1) is 23.9. The minimum Gasteiger partial charge on any atom is -0.383 e. The molecule has 186 valence electrons. The highest BCUT2D eigenvalue weighted by molar-refractivity contribution is 9.10. The van der Waals surface area contributed by atoms with Gasteiger partial charge in [-0.2, -0.15) is 0 Å². The number of carbonyl (C=O) groups excluding carboxylic acids is 1. The lowest BCUT2D eigenvalue weighted by Gasteiger charge is -2.11. The van der Waals surface area contributed by atoms with E-state index in [0.717, 1.165) is 49.0 Å². The molecule has 0 spiro atoms. The number of halogens is 1. The number of carbonyl (C=O) groups is 1. The number of Topliss-reactive ketones (excluding diaryl/α,β-unsaturated/α-hetero) is 1. The Morgan fingerprint density at radius 2 is 1.68 bits per heavy atom. The van der Waals surface area contributed by atoms with Crippen LogP contribution in [0.5, 0.6) is 0 Å². The maximum Gasteiger partial charge on any atom is 0.165 e. The van der Waals surface area contributed by atoms with E-state index in [9.17, 15) is 4.79 Å². The topological polar surface area (TPSA) is 99.6 Å². The van der Waals surface area contributed by atoms with Crippen LogP contribution in [0.15, 0.2) is 89.7 Å². The van der Waals surface area contributed by atoms with Gasteiger partial charge in [-0.15, -0.1) is 0 Å². The highest BCUT2D eigenvalue weighted by atomic mass is 79.9. The number of ketones is 1. The van der Waals surface area contributed by atoms with Crippen LogP contribution in [0.25, 0.3) is 39.1 Å². The fraction of sp³-hybridized carbons (Fsp3) is 0.100. The molecule has 0 unspecified atom stereocenters. The van der Waals surface area contributed by atoms with E-state index in [1.54, 1.807) is 12.4 Å². The summed E-state index contributed by atoms with van der Waals surface area (Å²) < 4.78 is 2.80. The van der Waals surface area contributed by atoms with Gasteiger partial charge in [-0.1, -0.05) is 24.3 Å². The zero-order chi connectivity index (χ0) is 26.2. The van der Waals surface area contributed by atoms with Gasteiger partial charge in [0.15, 0.2) is 11.5 Å². The Kier molecular flexibility index (Phi) is 6.17. The summed E-state index contributed by atoms with van der Waals surface area (Å²) in [4.78, 5) is 31.1. The van der Waals surface area contributed by atoms with E-state index in [4.69, 9.17) is 10.7 Å². The van der Waals surface area contributed by atoms with Crippen LogP contribution in [-0.2, 0) is 17.6 Å². The van der Waals surface area contributed by atoms with Crippen molar-refractivity contribution in [3.63, 3.8) is 0 Å². The number of hydrogen-bond acceptors (Lipinski definition) is 6. The summed E-state index contributed by atoms with van der Waals surface area (Å²) >= 11 is 3.48. The second-order valence-corrected chi connectivity index (χ2v) is 10.2. The average Bonchev–Trinajstić information content (AvgIpc) is 3.27. The summed E-state index contributed by atoms with van der Waals surface area (Å²) in [5.41, 5.74) is 13.1. The highest BCUT2D eigenvalue weighted by Crippen LogP contribution is 2.31. The van der Waals surface area contributed by atoms with Gasteiger partial charge < -0.3 is 5.73 Å². The first-order valence-electron chi connectivity index (χ1n) is 12.2. The third kappa shape index (κ3) is 4.66. The summed E-state index contributed by atoms with van der Waals surface area (Å²) in [5, 5.41) is 1.04. The fourth-order valence-electron chi connectivity index (χ4n) is 4.64. The van der Waals surface area contributed by atoms with E-state index in [-0.39, 0.29) is 5.78 Å². The molecule has 0 amide bonds. The van der Waals surface area contributed by atoms with Crippen molar-refractivity contribution in [2.24, 2.45) is 0 Å². The molecule has 2 N–H and O–H groups in total. The standard InChI is InChI=1S/C30H23BrN6O/c1-18-4-8-21-13-20(7-11-26(21)35-18)15-24(38)14-19-5-9-23(10-6-19)37-29(25-3-2-12-33-28(25)32)36-27-16-22(31)17-34-30(27)37/h2-13,16-17H,14-15H2,1H3,(H2,32,33). The number of pyridine rings is 3. The number of aryl methyl sites for hydroxylation is 1. The lowest BCUT2D eigenvalue weighted by atomic mass is 10.0. The molecule has 0 saturated carbocycles. The van der Waals surface area contributed by atoms with Crippen molar-refractivity contribution >= 4 is 49.6 Å². The number of nitrogens with two attached hydrogens (primary N) is 1. The molecule has 0 saturated heterocycles. The minimum atomic E-state index is 0.153. The second kappa shape index (κ2) is 9.79. The van der Waals surface area contributed by atoms with Crippen LogP contribution >= 0.6 is 15.9 Å². The molecule has 0 atom stereocenters. The number of anilines is 1. The van der Waals surface area contributed by atoms with Gasteiger partial charge in [-0.25, -0.2) is 15.0 Å². The number of rotatable bonds is 6. The number of benzene rings is 2. The normalized spacial score (nSPS) is 11.3. The summed E-state index contributed by atoms with van der Waals surface area (Å²) in [6.45, 7) is 1.97. The maximum atomic E-state index is 12.9. The van der Waals surface area contributed by atoms with Crippen molar-refractivity contribution in [2.75, 3.05) is 5.73 Å². The average molecular weight is 563 g/mol. The van der Waals surface area contributed by atoms with E-state index < -0.39 is 0 Å². The zero-order valence-corrected chi connectivity index (χ0v) is 22.2. The molecule has 0 aliphatic carbocycles. The molecule has 8 heteroatoms. The summed E-state index contributed by atoms with van der Waals surface area (Å²) in [5.74, 6) is 1.20. The summed E-state index contributed by atoms with van der Waals surface area (Å²) in [6, 6.07) is 23.6. The Morgan fingerprint density at radius 3 is 2.50 bits per heavy atom. The van der Waals surface area contributed by atoms with Crippen molar-refractivity contribution in [1.82, 2.24) is 24.5 Å². The van der Waals surface area contributed by atoms with Gasteiger partial charge in [0.25, 0.3) is 0 Å². The van der Waals surface area contributed by atoms with Gasteiger partial charge >= 0.3 is 0 Å². The molecule has 0 fully saturated rings. The van der Waals surface area contributed by atoms with Gasteiger partial charge in [0.1, 0.15) is 17.1 Å². The third-order valence-electron chi connectivity index (χ3n) is 6.43. The maximum absolute atomic E-state index is 12.9. The molecule has 7 nitrogen and oxygen atoms in total. The van der Waals surface area contributed by atoms with Crippen LogP contribution in [0.3, 0.4) is 0 Å².